The summed E-state index contributed by atoms with van der Waals surface area (Å²) >= 11 is 0. The Hall–Kier alpha value is -0.940. The number of Topliss-reactive ketones (excluding diaryl/α,β-unsaturated/α-hetero) is 2. The number of carbonyl (C=O) groups excluding carboxylic acids is 3. The molecule has 0 aromatic rings. The molecule has 0 bridgehead atoms. The van der Waals surface area contributed by atoms with E-state index in [9.17, 15) is 14.4 Å². The molecule has 0 spiro atoms. The molecule has 0 N–H and O–H groups in total. The minimum atomic E-state index is -0.897. The van der Waals surface area contributed by atoms with Crippen LogP contribution < -0.4 is 0 Å². The molecule has 0 aromatic heterocycles. The summed E-state index contributed by atoms with van der Waals surface area (Å²) in [5.41, 5.74) is 0. The van der Waals surface area contributed by atoms with E-state index in [-0.39, 0.29) is 24.8 Å². The van der Waals surface area contributed by atoms with Gasteiger partial charge in [-0.2, -0.15) is 0 Å². The average molecular weight is 250 g/mol. The molecular weight excluding hydrogens is 234 g/mol. The van der Waals surface area contributed by atoms with Crippen molar-refractivity contribution in [3.63, 3.8) is 0 Å². The Balaban J connectivity index is 0.00000225. The van der Waals surface area contributed by atoms with E-state index in [0.29, 0.717) is 19.5 Å². The third-order valence-electron chi connectivity index (χ3n) is 2.42. The van der Waals surface area contributed by atoms with Crippen LogP contribution in [0.25, 0.3) is 0 Å². The van der Waals surface area contributed by atoms with Crippen molar-refractivity contribution in [3.8, 4) is 0 Å². The summed E-state index contributed by atoms with van der Waals surface area (Å²) in [4.78, 5) is 36.0. The lowest BCUT2D eigenvalue weighted by atomic mass is 9.93. The van der Waals surface area contributed by atoms with Gasteiger partial charge < -0.3 is 9.64 Å². The Morgan fingerprint density at radius 1 is 1.50 bits per heavy atom. The molecule has 6 heteroatoms. The van der Waals surface area contributed by atoms with E-state index in [1.54, 1.807) is 6.92 Å². The van der Waals surface area contributed by atoms with Crippen LogP contribution in [0.5, 0.6) is 0 Å². The van der Waals surface area contributed by atoms with E-state index in [1.165, 1.54) is 0 Å². The monoisotopic (exact) mass is 249 g/mol. The first-order chi connectivity index (χ1) is 7.06. The largest absolute Gasteiger partial charge is 0.460 e. The molecular formula is C10H16ClNO4. The maximum Gasteiger partial charge on any atom is 0.375 e. The summed E-state index contributed by atoms with van der Waals surface area (Å²) in [6, 6.07) is 0. The average Bonchev–Trinajstić information content (AvgIpc) is 2.21. The van der Waals surface area contributed by atoms with Gasteiger partial charge in [-0.25, -0.2) is 4.79 Å². The first-order valence-electron chi connectivity index (χ1n) is 4.98. The zero-order valence-electron chi connectivity index (χ0n) is 9.39. The highest BCUT2D eigenvalue weighted by molar-refractivity contribution is 6.38. The van der Waals surface area contributed by atoms with Crippen LogP contribution >= 0.6 is 12.4 Å². The Labute approximate surface area is 101 Å². The van der Waals surface area contributed by atoms with Crippen LogP contribution in [0.15, 0.2) is 0 Å². The zero-order chi connectivity index (χ0) is 11.4. The van der Waals surface area contributed by atoms with Crippen molar-refractivity contribution < 1.29 is 19.1 Å². The Morgan fingerprint density at radius 2 is 2.12 bits per heavy atom. The lowest BCUT2D eigenvalue weighted by Gasteiger charge is -2.26. The molecule has 1 heterocycles. The number of ketones is 2. The molecule has 0 aliphatic carbocycles. The normalized spacial score (nSPS) is 21.1. The number of nitrogens with zero attached hydrogens (tertiary/aromatic N) is 1. The number of hydrogen-bond acceptors (Lipinski definition) is 5. The van der Waals surface area contributed by atoms with Gasteiger partial charge >= 0.3 is 5.97 Å². The highest BCUT2D eigenvalue weighted by Gasteiger charge is 2.35. The smallest absolute Gasteiger partial charge is 0.375 e. The third kappa shape index (κ3) is 3.57. The van der Waals surface area contributed by atoms with Gasteiger partial charge in [-0.15, -0.1) is 12.4 Å². The molecule has 0 aromatic carbocycles. The first-order valence-corrected chi connectivity index (χ1v) is 4.98. The molecule has 1 fully saturated rings. The lowest BCUT2D eigenvalue weighted by molar-refractivity contribution is -0.157. The molecule has 1 rings (SSSR count). The fourth-order valence-electron chi connectivity index (χ4n) is 1.55. The molecule has 5 nitrogen and oxygen atoms in total. The highest BCUT2D eigenvalue weighted by Crippen LogP contribution is 2.13. The summed E-state index contributed by atoms with van der Waals surface area (Å²) in [6.07, 6.45) is 0.326. The first kappa shape index (κ1) is 15.1. The van der Waals surface area contributed by atoms with Crippen molar-refractivity contribution in [2.45, 2.75) is 13.3 Å². The van der Waals surface area contributed by atoms with E-state index in [2.05, 4.69) is 4.74 Å². The van der Waals surface area contributed by atoms with E-state index in [0.717, 1.165) is 0 Å². The molecule has 1 aliphatic rings. The van der Waals surface area contributed by atoms with Crippen LogP contribution in [0.2, 0.25) is 0 Å². The predicted octanol–water partition coefficient (Wildman–Crippen LogP) is 0.0612. The SMILES string of the molecule is CCOC(=O)C(=O)C1CN(C)CCC1=O.Cl. The van der Waals surface area contributed by atoms with E-state index in [4.69, 9.17) is 0 Å². The number of esters is 1. The minimum Gasteiger partial charge on any atom is -0.460 e. The van der Waals surface area contributed by atoms with Gasteiger partial charge in [0, 0.05) is 19.5 Å². The second kappa shape index (κ2) is 6.60. The maximum absolute atomic E-state index is 11.5. The number of carbonyl (C=O) groups is 3. The summed E-state index contributed by atoms with van der Waals surface area (Å²) in [7, 11) is 1.82. The van der Waals surface area contributed by atoms with Crippen LogP contribution in [0.1, 0.15) is 13.3 Å². The number of likely N-dealkylation sites (tertiary alicyclic amines) is 1. The number of ether oxygens (including phenoxy) is 1. The fraction of sp³-hybridized carbons (Fsp3) is 0.700. The summed E-state index contributed by atoms with van der Waals surface area (Å²) in [5, 5.41) is 0. The molecule has 0 radical (unpaired) electrons. The van der Waals surface area contributed by atoms with Crippen molar-refractivity contribution in [2.24, 2.45) is 5.92 Å². The van der Waals surface area contributed by atoms with Crippen molar-refractivity contribution in [1.82, 2.24) is 4.90 Å². The quantitative estimate of drug-likeness (QED) is 0.402. The summed E-state index contributed by atoms with van der Waals surface area (Å²) in [6.45, 7) is 2.74. The molecule has 0 saturated carbocycles. The molecule has 1 saturated heterocycles. The highest BCUT2D eigenvalue weighted by atomic mass is 35.5. The van der Waals surface area contributed by atoms with Gasteiger partial charge in [0.25, 0.3) is 5.78 Å². The van der Waals surface area contributed by atoms with Crippen LogP contribution in [-0.4, -0.2) is 49.2 Å². The summed E-state index contributed by atoms with van der Waals surface area (Å²) < 4.78 is 4.58. The second-order valence-electron chi connectivity index (χ2n) is 3.62. The maximum atomic E-state index is 11.5. The van der Waals surface area contributed by atoms with Crippen LogP contribution in [0.4, 0.5) is 0 Å². The zero-order valence-corrected chi connectivity index (χ0v) is 10.2. The predicted molar refractivity (Wildman–Crippen MR) is 59.5 cm³/mol. The van der Waals surface area contributed by atoms with Gasteiger partial charge in [0.1, 0.15) is 11.7 Å². The van der Waals surface area contributed by atoms with Crippen molar-refractivity contribution in [3.05, 3.63) is 0 Å². The van der Waals surface area contributed by atoms with Crippen molar-refractivity contribution >= 4 is 29.9 Å². The van der Waals surface area contributed by atoms with Crippen LogP contribution in [-0.2, 0) is 19.1 Å². The molecule has 16 heavy (non-hydrogen) atoms. The number of hydrogen-bond donors (Lipinski definition) is 0. The van der Waals surface area contributed by atoms with Gasteiger partial charge in [-0.1, -0.05) is 0 Å². The van der Waals surface area contributed by atoms with Crippen molar-refractivity contribution in [1.29, 1.82) is 0 Å². The van der Waals surface area contributed by atoms with Gasteiger partial charge in [-0.3, -0.25) is 9.59 Å². The van der Waals surface area contributed by atoms with Crippen molar-refractivity contribution in [2.75, 3.05) is 26.7 Å². The van der Waals surface area contributed by atoms with Gasteiger partial charge in [0.15, 0.2) is 0 Å². The standard InChI is InChI=1S/C10H15NO4.ClH/c1-3-15-10(14)9(13)7-6-11(2)5-4-8(7)12;/h7H,3-6H2,1-2H3;1H. The van der Waals surface area contributed by atoms with Gasteiger partial charge in [0.2, 0.25) is 0 Å². The fourth-order valence-corrected chi connectivity index (χ4v) is 1.55. The minimum absolute atomic E-state index is 0. The van der Waals surface area contributed by atoms with Crippen LogP contribution in [0.3, 0.4) is 0 Å². The number of halogens is 1. The Bertz CT molecular complexity index is 293. The molecule has 1 aliphatic heterocycles. The molecule has 1 unspecified atom stereocenters. The molecule has 0 amide bonds. The van der Waals surface area contributed by atoms with E-state index >= 15 is 0 Å². The molecule has 92 valence electrons. The van der Waals surface area contributed by atoms with Crippen LogP contribution in [0, 0.1) is 5.92 Å². The summed E-state index contributed by atoms with van der Waals surface area (Å²) in [5.74, 6) is -2.60. The van der Waals surface area contributed by atoms with E-state index < -0.39 is 17.7 Å². The molecule has 1 atom stereocenters. The number of piperidine rings is 1. The Morgan fingerprint density at radius 3 is 2.69 bits per heavy atom. The van der Waals surface area contributed by atoms with Gasteiger partial charge in [-0.05, 0) is 14.0 Å². The number of rotatable bonds is 3. The topological polar surface area (TPSA) is 63.7 Å². The Kier molecular flexibility index (Phi) is 6.21. The van der Waals surface area contributed by atoms with E-state index in [1.807, 2.05) is 11.9 Å². The third-order valence-corrected chi connectivity index (χ3v) is 2.42. The van der Waals surface area contributed by atoms with Gasteiger partial charge in [0.05, 0.1) is 6.61 Å². The second-order valence-corrected chi connectivity index (χ2v) is 3.62. The lowest BCUT2D eigenvalue weighted by Crippen LogP contribution is -2.44.